The molecular formula is C10H19N5O. The van der Waals surface area contributed by atoms with Gasteiger partial charge in [0, 0.05) is 32.2 Å². The molecule has 0 amide bonds. The third kappa shape index (κ3) is 2.70. The summed E-state index contributed by atoms with van der Waals surface area (Å²) < 4.78 is 5.27. The first-order valence-electron chi connectivity index (χ1n) is 5.79. The van der Waals surface area contributed by atoms with Crippen molar-refractivity contribution in [3.8, 4) is 0 Å². The lowest BCUT2D eigenvalue weighted by Crippen LogP contribution is -2.27. The van der Waals surface area contributed by atoms with Crippen molar-refractivity contribution in [2.75, 3.05) is 31.2 Å². The molecule has 1 aliphatic heterocycles. The molecule has 0 radical (unpaired) electrons. The number of anilines is 1. The monoisotopic (exact) mass is 225 g/mol. The Morgan fingerprint density at radius 2 is 2.50 bits per heavy atom. The number of ether oxygens (including phenoxy) is 1. The highest BCUT2D eigenvalue weighted by Gasteiger charge is 2.22. The van der Waals surface area contributed by atoms with Crippen molar-refractivity contribution in [1.82, 2.24) is 15.2 Å². The molecule has 1 saturated heterocycles. The van der Waals surface area contributed by atoms with E-state index in [1.165, 1.54) is 0 Å². The lowest BCUT2D eigenvalue weighted by atomic mass is 10.3. The van der Waals surface area contributed by atoms with Crippen molar-refractivity contribution < 1.29 is 4.74 Å². The number of rotatable bonds is 5. The zero-order chi connectivity index (χ0) is 11.4. The molecule has 1 atom stereocenters. The Morgan fingerprint density at radius 3 is 3.19 bits per heavy atom. The average Bonchev–Trinajstić information content (AvgIpc) is 2.87. The van der Waals surface area contributed by atoms with Crippen LogP contribution in [-0.2, 0) is 11.2 Å². The highest BCUT2D eigenvalue weighted by atomic mass is 16.5. The number of nitrogens with one attached hydrogen (secondary N) is 1. The highest BCUT2D eigenvalue weighted by Crippen LogP contribution is 2.14. The summed E-state index contributed by atoms with van der Waals surface area (Å²) in [6.07, 6.45) is 1.80. The third-order valence-corrected chi connectivity index (χ3v) is 2.71. The Morgan fingerprint density at radius 1 is 1.62 bits per heavy atom. The molecule has 16 heavy (non-hydrogen) atoms. The quantitative estimate of drug-likeness (QED) is 0.685. The van der Waals surface area contributed by atoms with Gasteiger partial charge in [0.15, 0.2) is 0 Å². The molecule has 6 heteroatoms. The molecular weight excluding hydrogens is 206 g/mol. The van der Waals surface area contributed by atoms with Crippen LogP contribution in [0, 0.1) is 0 Å². The van der Waals surface area contributed by atoms with Crippen LogP contribution < -0.4 is 10.6 Å². The summed E-state index contributed by atoms with van der Waals surface area (Å²) in [6.45, 7) is 5.21. The van der Waals surface area contributed by atoms with Crippen molar-refractivity contribution in [2.45, 2.75) is 25.8 Å². The van der Waals surface area contributed by atoms with Gasteiger partial charge in [-0.15, -0.1) is 5.10 Å². The van der Waals surface area contributed by atoms with Gasteiger partial charge in [-0.3, -0.25) is 5.10 Å². The normalized spacial score (nSPS) is 20.6. The average molecular weight is 225 g/mol. The van der Waals surface area contributed by atoms with Crippen LogP contribution in [0.15, 0.2) is 0 Å². The fourth-order valence-electron chi connectivity index (χ4n) is 1.82. The lowest BCUT2D eigenvalue weighted by molar-refractivity contribution is 0.149. The third-order valence-electron chi connectivity index (χ3n) is 2.71. The van der Waals surface area contributed by atoms with E-state index in [4.69, 9.17) is 10.5 Å². The van der Waals surface area contributed by atoms with Crippen LogP contribution in [0.25, 0.3) is 0 Å². The summed E-state index contributed by atoms with van der Waals surface area (Å²) in [5.41, 5.74) is 5.84. The van der Waals surface area contributed by atoms with Gasteiger partial charge in [-0.05, 0) is 13.3 Å². The summed E-state index contributed by atoms with van der Waals surface area (Å²) in [4.78, 5) is 6.54. The van der Waals surface area contributed by atoms with Crippen molar-refractivity contribution in [3.05, 3.63) is 5.82 Å². The van der Waals surface area contributed by atoms with Gasteiger partial charge in [0.25, 0.3) is 0 Å². The maximum atomic E-state index is 5.84. The fraction of sp³-hybridized carbons (Fsp3) is 0.800. The molecule has 1 unspecified atom stereocenters. The van der Waals surface area contributed by atoms with Gasteiger partial charge < -0.3 is 15.4 Å². The van der Waals surface area contributed by atoms with Crippen LogP contribution in [0.3, 0.4) is 0 Å². The van der Waals surface area contributed by atoms with Gasteiger partial charge in [0.2, 0.25) is 5.95 Å². The highest BCUT2D eigenvalue weighted by molar-refractivity contribution is 5.31. The van der Waals surface area contributed by atoms with Gasteiger partial charge in [-0.25, -0.2) is 0 Å². The minimum atomic E-state index is 0.255. The molecule has 1 fully saturated rings. The molecule has 90 valence electrons. The molecule has 2 rings (SSSR count). The van der Waals surface area contributed by atoms with E-state index in [2.05, 4.69) is 20.1 Å². The number of hydrogen-bond acceptors (Lipinski definition) is 5. The van der Waals surface area contributed by atoms with E-state index in [0.717, 1.165) is 44.3 Å². The molecule has 3 N–H and O–H groups in total. The summed E-state index contributed by atoms with van der Waals surface area (Å²) in [5, 5.41) is 7.12. The Balaban J connectivity index is 1.87. The number of aromatic amines is 1. The van der Waals surface area contributed by atoms with Crippen LogP contribution in [0.1, 0.15) is 19.2 Å². The van der Waals surface area contributed by atoms with Crippen molar-refractivity contribution in [3.63, 3.8) is 0 Å². The van der Waals surface area contributed by atoms with Gasteiger partial charge in [0.05, 0.1) is 6.61 Å². The van der Waals surface area contributed by atoms with Gasteiger partial charge in [-0.1, -0.05) is 0 Å². The maximum Gasteiger partial charge on any atom is 0.244 e. The van der Waals surface area contributed by atoms with Crippen molar-refractivity contribution in [2.24, 2.45) is 5.73 Å². The van der Waals surface area contributed by atoms with Crippen LogP contribution in [0.5, 0.6) is 0 Å². The second kappa shape index (κ2) is 5.27. The molecule has 0 aliphatic carbocycles. The van der Waals surface area contributed by atoms with E-state index in [9.17, 15) is 0 Å². The number of nitrogens with two attached hydrogens (primary N) is 1. The van der Waals surface area contributed by atoms with E-state index in [1.807, 2.05) is 6.92 Å². The van der Waals surface area contributed by atoms with Gasteiger partial charge in [0.1, 0.15) is 5.82 Å². The molecule has 6 nitrogen and oxygen atoms in total. The summed E-state index contributed by atoms with van der Waals surface area (Å²) >= 11 is 0. The molecule has 0 aromatic carbocycles. The number of hydrogen-bond donors (Lipinski definition) is 2. The number of aromatic nitrogens is 3. The zero-order valence-electron chi connectivity index (χ0n) is 9.65. The molecule has 1 aliphatic rings. The summed E-state index contributed by atoms with van der Waals surface area (Å²) in [7, 11) is 0. The second-order valence-corrected chi connectivity index (χ2v) is 4.02. The molecule has 0 spiro atoms. The van der Waals surface area contributed by atoms with Crippen molar-refractivity contribution in [1.29, 1.82) is 0 Å². The number of H-pyrrole nitrogens is 1. The van der Waals surface area contributed by atoms with Crippen molar-refractivity contribution >= 4 is 5.95 Å². The predicted molar refractivity (Wildman–Crippen MR) is 61.4 cm³/mol. The minimum Gasteiger partial charge on any atom is -0.381 e. The largest absolute Gasteiger partial charge is 0.381 e. The smallest absolute Gasteiger partial charge is 0.244 e. The Hall–Kier alpha value is -1.14. The number of nitrogens with zero attached hydrogens (tertiary/aromatic N) is 3. The van der Waals surface area contributed by atoms with E-state index in [1.54, 1.807) is 0 Å². The minimum absolute atomic E-state index is 0.255. The Bertz CT molecular complexity index is 327. The van der Waals surface area contributed by atoms with E-state index in [0.29, 0.717) is 6.61 Å². The molecule has 0 bridgehead atoms. The first kappa shape index (κ1) is 11.3. The van der Waals surface area contributed by atoms with Crippen LogP contribution in [0.4, 0.5) is 5.95 Å². The maximum absolute atomic E-state index is 5.84. The topological polar surface area (TPSA) is 80.1 Å². The van der Waals surface area contributed by atoms with Crippen LogP contribution in [-0.4, -0.2) is 47.5 Å². The van der Waals surface area contributed by atoms with Crippen LogP contribution >= 0.6 is 0 Å². The standard InChI is InChI=1S/C10H19N5O/c1-2-16-6-4-9-12-10(14-13-9)15-5-3-8(11)7-15/h8H,2-7,11H2,1H3,(H,12,13,14). The van der Waals surface area contributed by atoms with E-state index in [-0.39, 0.29) is 6.04 Å². The second-order valence-electron chi connectivity index (χ2n) is 4.02. The first-order chi connectivity index (χ1) is 7.79. The van der Waals surface area contributed by atoms with Crippen LogP contribution in [0.2, 0.25) is 0 Å². The molecule has 2 heterocycles. The van der Waals surface area contributed by atoms with E-state index >= 15 is 0 Å². The first-order valence-corrected chi connectivity index (χ1v) is 5.79. The Labute approximate surface area is 95.2 Å². The van der Waals surface area contributed by atoms with Gasteiger partial charge >= 0.3 is 0 Å². The molecule has 1 aromatic rings. The molecule has 1 aromatic heterocycles. The predicted octanol–water partition coefficient (Wildman–Crippen LogP) is -0.0789. The lowest BCUT2D eigenvalue weighted by Gasteiger charge is -2.11. The molecule has 0 saturated carbocycles. The van der Waals surface area contributed by atoms with E-state index < -0.39 is 0 Å². The summed E-state index contributed by atoms with van der Waals surface area (Å²) in [5.74, 6) is 1.64. The summed E-state index contributed by atoms with van der Waals surface area (Å²) in [6, 6.07) is 0.255. The zero-order valence-corrected chi connectivity index (χ0v) is 9.65. The SMILES string of the molecule is CCOCCc1nc(N2CCC(N)C2)n[nH]1. The fourth-order valence-corrected chi connectivity index (χ4v) is 1.82. The Kier molecular flexibility index (Phi) is 3.74. The van der Waals surface area contributed by atoms with Gasteiger partial charge in [-0.2, -0.15) is 4.98 Å².